The van der Waals surface area contributed by atoms with E-state index in [1.54, 1.807) is 0 Å². The molecule has 5 heteroatoms. The van der Waals surface area contributed by atoms with Crippen LogP contribution in [0.3, 0.4) is 0 Å². The molecule has 0 heterocycles. The molecule has 0 bridgehead atoms. The van der Waals surface area contributed by atoms with E-state index in [9.17, 15) is 0 Å². The molecule has 0 aliphatic carbocycles. The van der Waals surface area contributed by atoms with Crippen LogP contribution in [0.2, 0.25) is 0 Å². The van der Waals surface area contributed by atoms with Gasteiger partial charge in [-0.05, 0) is 51.4 Å². The van der Waals surface area contributed by atoms with E-state index in [-0.39, 0.29) is 0 Å². The van der Waals surface area contributed by atoms with E-state index in [1.807, 2.05) is 0 Å². The van der Waals surface area contributed by atoms with E-state index < -0.39 is 0 Å². The topological polar surface area (TPSA) is 28.2 Å². The van der Waals surface area contributed by atoms with Crippen LogP contribution in [-0.4, -0.2) is 85.3 Å². The zero-order valence-electron chi connectivity index (χ0n) is 25.9. The Hall–Kier alpha value is -1.76. The Morgan fingerprint density at radius 1 is 0.564 bits per heavy atom. The zero-order chi connectivity index (χ0) is 28.3. The van der Waals surface area contributed by atoms with Gasteiger partial charge in [0, 0.05) is 44.3 Å². The van der Waals surface area contributed by atoms with Gasteiger partial charge in [-0.2, -0.15) is 0 Å². The summed E-state index contributed by atoms with van der Waals surface area (Å²) in [5.74, 6) is 0. The Morgan fingerprint density at radius 3 is 1.36 bits per heavy atom. The van der Waals surface area contributed by atoms with Crippen LogP contribution in [0.1, 0.15) is 71.9 Å². The van der Waals surface area contributed by atoms with E-state index in [2.05, 4.69) is 117 Å². The number of unbranched alkanes of at least 4 members (excludes halogenated alkanes) is 1. The fourth-order valence-corrected chi connectivity index (χ4v) is 5.18. The number of likely N-dealkylation sites (N-methyl/N-ethyl adjacent to an activating group) is 2. The maximum absolute atomic E-state index is 6.08. The van der Waals surface area contributed by atoms with Crippen molar-refractivity contribution in [2.24, 2.45) is 0 Å². The number of hydrogen-bond acceptors (Lipinski definition) is 5. The molecule has 3 atom stereocenters. The third-order valence-corrected chi connectivity index (χ3v) is 7.95. The molecule has 0 aromatic heterocycles. The summed E-state index contributed by atoms with van der Waals surface area (Å²) in [7, 11) is 0. The molecule has 0 saturated heterocycles. The summed E-state index contributed by atoms with van der Waals surface area (Å²) < 4.78 is 12.2. The minimum Gasteiger partial charge on any atom is -0.375 e. The van der Waals surface area contributed by atoms with E-state index in [0.29, 0.717) is 31.3 Å². The highest BCUT2D eigenvalue weighted by molar-refractivity contribution is 5.14. The highest BCUT2D eigenvalue weighted by atomic mass is 16.5. The fourth-order valence-electron chi connectivity index (χ4n) is 5.18. The first kappa shape index (κ1) is 33.4. The summed E-state index contributed by atoms with van der Waals surface area (Å²) in [5.41, 5.74) is 2.48. The summed E-state index contributed by atoms with van der Waals surface area (Å²) in [6.45, 7) is 23.2. The highest BCUT2D eigenvalue weighted by Gasteiger charge is 2.20. The van der Waals surface area contributed by atoms with Crippen molar-refractivity contribution < 1.29 is 9.47 Å². The monoisotopic (exact) mass is 539 g/mol. The van der Waals surface area contributed by atoms with Crippen molar-refractivity contribution in [1.82, 2.24) is 14.7 Å². The van der Waals surface area contributed by atoms with Gasteiger partial charge in [0.2, 0.25) is 0 Å². The second-order valence-corrected chi connectivity index (χ2v) is 11.0. The molecule has 0 aliphatic heterocycles. The maximum Gasteiger partial charge on any atom is 0.0717 e. The van der Waals surface area contributed by atoms with Crippen molar-refractivity contribution in [3.05, 3.63) is 71.8 Å². The Kier molecular flexibility index (Phi) is 17.3. The van der Waals surface area contributed by atoms with Gasteiger partial charge in [-0.1, -0.05) is 94.3 Å². The van der Waals surface area contributed by atoms with E-state index >= 15 is 0 Å². The van der Waals surface area contributed by atoms with Crippen LogP contribution in [0.5, 0.6) is 0 Å². The smallest absolute Gasteiger partial charge is 0.0717 e. The number of nitrogens with zero attached hydrogens (tertiary/aromatic N) is 3. The Labute approximate surface area is 240 Å². The van der Waals surface area contributed by atoms with Gasteiger partial charge in [0.05, 0.1) is 26.4 Å². The van der Waals surface area contributed by atoms with Gasteiger partial charge < -0.3 is 9.47 Å². The maximum atomic E-state index is 6.08. The summed E-state index contributed by atoms with van der Waals surface area (Å²) in [6.07, 6.45) is 3.81. The fraction of sp³-hybridized carbons (Fsp3) is 0.647. The molecule has 3 unspecified atom stereocenters. The van der Waals surface area contributed by atoms with Crippen molar-refractivity contribution in [3.63, 3.8) is 0 Å². The second kappa shape index (κ2) is 20.2. The van der Waals surface area contributed by atoms with Crippen molar-refractivity contribution in [2.75, 3.05) is 52.5 Å². The molecule has 0 spiro atoms. The first-order valence-corrected chi connectivity index (χ1v) is 15.4. The molecule has 0 radical (unpaired) electrons. The molecule has 0 aliphatic rings. The van der Waals surface area contributed by atoms with E-state index in [0.717, 1.165) is 52.5 Å². The Balaban J connectivity index is 1.84. The van der Waals surface area contributed by atoms with Crippen molar-refractivity contribution >= 4 is 0 Å². The third-order valence-electron chi connectivity index (χ3n) is 7.95. The number of rotatable bonds is 22. The van der Waals surface area contributed by atoms with Crippen LogP contribution in [0.25, 0.3) is 0 Å². The SMILES string of the molecule is CCCCC(C)N(CCN(CC)C(C)COCc1ccccc1)CCN(CC)C(C)COCc1ccccc1. The van der Waals surface area contributed by atoms with Crippen molar-refractivity contribution in [1.29, 1.82) is 0 Å². The van der Waals surface area contributed by atoms with Crippen molar-refractivity contribution in [2.45, 2.75) is 92.1 Å². The molecule has 0 N–H and O–H groups in total. The molecule has 2 aromatic rings. The predicted molar refractivity (Wildman–Crippen MR) is 166 cm³/mol. The minimum absolute atomic E-state index is 0.403. The van der Waals surface area contributed by atoms with Crippen LogP contribution >= 0.6 is 0 Å². The molecule has 5 nitrogen and oxygen atoms in total. The summed E-state index contributed by atoms with van der Waals surface area (Å²) >= 11 is 0. The lowest BCUT2D eigenvalue weighted by atomic mass is 10.1. The molecule has 39 heavy (non-hydrogen) atoms. The largest absolute Gasteiger partial charge is 0.375 e. The number of ether oxygens (including phenoxy) is 2. The second-order valence-electron chi connectivity index (χ2n) is 11.0. The van der Waals surface area contributed by atoms with E-state index in [1.165, 1.54) is 30.4 Å². The quantitative estimate of drug-likeness (QED) is 0.166. The van der Waals surface area contributed by atoms with Crippen LogP contribution in [0.4, 0.5) is 0 Å². The van der Waals surface area contributed by atoms with Gasteiger partial charge in [-0.3, -0.25) is 14.7 Å². The molecule has 0 saturated carbocycles. The average molecular weight is 540 g/mol. The highest BCUT2D eigenvalue weighted by Crippen LogP contribution is 2.12. The molecule has 220 valence electrons. The predicted octanol–water partition coefficient (Wildman–Crippen LogP) is 6.72. The number of benzene rings is 2. The average Bonchev–Trinajstić information content (AvgIpc) is 2.96. The lowest BCUT2D eigenvalue weighted by Gasteiger charge is -2.36. The standard InChI is InChI=1S/C34H57N3O2/c1-7-10-17-30(4)37(24-22-35(8-2)31(5)26-38-28-33-18-13-11-14-19-33)25-23-36(9-3)32(6)27-39-29-34-20-15-12-16-21-34/h11-16,18-21,30-32H,7-10,17,22-29H2,1-6H3. The minimum atomic E-state index is 0.403. The molecular weight excluding hydrogens is 482 g/mol. The van der Waals surface area contributed by atoms with Gasteiger partial charge in [-0.25, -0.2) is 0 Å². The summed E-state index contributed by atoms with van der Waals surface area (Å²) in [6, 6.07) is 22.3. The molecule has 0 fully saturated rings. The third kappa shape index (κ3) is 13.4. The van der Waals surface area contributed by atoms with Gasteiger partial charge >= 0.3 is 0 Å². The van der Waals surface area contributed by atoms with Crippen LogP contribution in [0, 0.1) is 0 Å². The first-order valence-electron chi connectivity index (χ1n) is 15.4. The van der Waals surface area contributed by atoms with Crippen molar-refractivity contribution in [3.8, 4) is 0 Å². The Bertz CT molecular complexity index is 771. The zero-order valence-corrected chi connectivity index (χ0v) is 25.9. The van der Waals surface area contributed by atoms with Crippen LogP contribution < -0.4 is 0 Å². The normalized spacial score (nSPS) is 14.3. The lowest BCUT2D eigenvalue weighted by molar-refractivity contribution is 0.0426. The Morgan fingerprint density at radius 2 is 0.974 bits per heavy atom. The van der Waals surface area contributed by atoms with Gasteiger partial charge in [-0.15, -0.1) is 0 Å². The summed E-state index contributed by atoms with van der Waals surface area (Å²) in [5, 5.41) is 0. The van der Waals surface area contributed by atoms with E-state index in [4.69, 9.17) is 9.47 Å². The van der Waals surface area contributed by atoms with Crippen LogP contribution in [-0.2, 0) is 22.7 Å². The van der Waals surface area contributed by atoms with Gasteiger partial charge in [0.15, 0.2) is 0 Å². The summed E-state index contributed by atoms with van der Waals surface area (Å²) in [4.78, 5) is 7.86. The first-order chi connectivity index (χ1) is 19.0. The van der Waals surface area contributed by atoms with Gasteiger partial charge in [0.1, 0.15) is 0 Å². The van der Waals surface area contributed by atoms with Crippen LogP contribution in [0.15, 0.2) is 60.7 Å². The molecular formula is C34H57N3O2. The molecule has 2 aromatic carbocycles. The lowest BCUT2D eigenvalue weighted by Crippen LogP contribution is -2.47. The number of hydrogen-bond donors (Lipinski definition) is 0. The molecule has 2 rings (SSSR count). The van der Waals surface area contributed by atoms with Gasteiger partial charge in [0.25, 0.3) is 0 Å². The molecule has 0 amide bonds.